The smallest absolute Gasteiger partial charge is 0.102 e. The molecule has 0 aromatic carbocycles. The van der Waals surface area contributed by atoms with E-state index < -0.39 is 0 Å². The lowest BCUT2D eigenvalue weighted by Gasteiger charge is -2.25. The zero-order valence-electron chi connectivity index (χ0n) is 4.99. The van der Waals surface area contributed by atoms with Crippen molar-refractivity contribution >= 4 is 0 Å². The van der Waals surface area contributed by atoms with E-state index in [-0.39, 0.29) is 6.67 Å². The molecule has 1 N–H and O–H groups in total. The third-order valence-electron chi connectivity index (χ3n) is 1.63. The number of rotatable bonds is 3. The van der Waals surface area contributed by atoms with Gasteiger partial charge in [-0.05, 0) is 12.8 Å². The molecule has 1 saturated carbocycles. The van der Waals surface area contributed by atoms with Crippen LogP contribution in [0.15, 0.2) is 0 Å². The van der Waals surface area contributed by atoms with E-state index in [9.17, 15) is 4.39 Å². The lowest BCUT2D eigenvalue weighted by molar-refractivity contribution is 0.324. The normalized spacial score (nSPS) is 20.6. The van der Waals surface area contributed by atoms with Gasteiger partial charge in [-0.15, -0.1) is 0 Å². The Morgan fingerprint density at radius 1 is 1.50 bits per heavy atom. The van der Waals surface area contributed by atoms with Crippen molar-refractivity contribution in [3.63, 3.8) is 0 Å². The Balaban J connectivity index is 1.86. The maximum atomic E-state index is 11.5. The molecule has 0 aromatic heterocycles. The fourth-order valence-electron chi connectivity index (χ4n) is 0.871. The summed E-state index contributed by atoms with van der Waals surface area (Å²) in [5.41, 5.74) is 0. The first-order valence-electron chi connectivity index (χ1n) is 3.23. The lowest BCUT2D eigenvalue weighted by Crippen LogP contribution is -2.36. The second kappa shape index (κ2) is 3.02. The van der Waals surface area contributed by atoms with E-state index in [2.05, 4.69) is 5.32 Å². The van der Waals surface area contributed by atoms with Gasteiger partial charge in [0, 0.05) is 12.6 Å². The fourth-order valence-corrected chi connectivity index (χ4v) is 0.871. The summed E-state index contributed by atoms with van der Waals surface area (Å²) in [6, 6.07) is 0.644. The molecule has 1 aliphatic rings. The molecule has 0 radical (unpaired) electrons. The van der Waals surface area contributed by atoms with E-state index >= 15 is 0 Å². The van der Waals surface area contributed by atoms with Gasteiger partial charge < -0.3 is 5.32 Å². The average Bonchev–Trinajstić information content (AvgIpc) is 1.63. The summed E-state index contributed by atoms with van der Waals surface area (Å²) in [7, 11) is 0. The molecule has 0 atom stereocenters. The van der Waals surface area contributed by atoms with Crippen molar-refractivity contribution in [3.8, 4) is 0 Å². The Bertz CT molecular complexity index is 61.5. The lowest BCUT2D eigenvalue weighted by atomic mass is 9.93. The number of nitrogens with one attached hydrogen (secondary N) is 1. The highest BCUT2D eigenvalue weighted by Gasteiger charge is 2.15. The van der Waals surface area contributed by atoms with Crippen molar-refractivity contribution in [2.24, 2.45) is 0 Å². The predicted octanol–water partition coefficient (Wildman–Crippen LogP) is 1.10. The maximum Gasteiger partial charge on any atom is 0.102 e. The minimum absolute atomic E-state index is 0.226. The second-order valence-electron chi connectivity index (χ2n) is 2.27. The van der Waals surface area contributed by atoms with Crippen LogP contribution in [0.2, 0.25) is 0 Å². The first-order valence-corrected chi connectivity index (χ1v) is 3.23. The summed E-state index contributed by atoms with van der Waals surface area (Å²) in [6.45, 7) is 0.321. The molecule has 1 rings (SSSR count). The highest BCUT2D eigenvalue weighted by molar-refractivity contribution is 4.75. The highest BCUT2D eigenvalue weighted by atomic mass is 19.1. The molecule has 0 spiro atoms. The van der Waals surface area contributed by atoms with Crippen LogP contribution in [0.4, 0.5) is 4.39 Å². The van der Waals surface area contributed by atoms with Gasteiger partial charge in [-0.25, -0.2) is 4.39 Å². The van der Waals surface area contributed by atoms with Crippen molar-refractivity contribution in [3.05, 3.63) is 0 Å². The monoisotopic (exact) mass is 117 g/mol. The molecule has 0 saturated heterocycles. The molecular weight excluding hydrogens is 105 g/mol. The summed E-state index contributed by atoms with van der Waals surface area (Å²) < 4.78 is 11.5. The van der Waals surface area contributed by atoms with Crippen LogP contribution in [0.1, 0.15) is 19.3 Å². The minimum atomic E-state index is -0.226. The van der Waals surface area contributed by atoms with Gasteiger partial charge in [0.25, 0.3) is 0 Å². The molecule has 0 aliphatic heterocycles. The van der Waals surface area contributed by atoms with Gasteiger partial charge in [0.15, 0.2) is 0 Å². The third kappa shape index (κ3) is 1.44. The van der Waals surface area contributed by atoms with E-state index in [0.29, 0.717) is 12.6 Å². The van der Waals surface area contributed by atoms with Crippen LogP contribution >= 0.6 is 0 Å². The number of hydrogen-bond donors (Lipinski definition) is 1. The molecule has 0 heterocycles. The van der Waals surface area contributed by atoms with Crippen molar-refractivity contribution in [2.75, 3.05) is 13.2 Å². The molecule has 2 heteroatoms. The van der Waals surface area contributed by atoms with Crippen molar-refractivity contribution < 1.29 is 4.39 Å². The van der Waals surface area contributed by atoms with Crippen LogP contribution < -0.4 is 5.32 Å². The maximum absolute atomic E-state index is 11.5. The molecule has 8 heavy (non-hydrogen) atoms. The third-order valence-corrected chi connectivity index (χ3v) is 1.63. The summed E-state index contributed by atoms with van der Waals surface area (Å²) in [4.78, 5) is 0. The fraction of sp³-hybridized carbons (Fsp3) is 1.00. The van der Waals surface area contributed by atoms with E-state index in [0.717, 1.165) is 0 Å². The largest absolute Gasteiger partial charge is 0.311 e. The van der Waals surface area contributed by atoms with Crippen LogP contribution in [0.5, 0.6) is 0 Å². The first kappa shape index (κ1) is 6.02. The molecule has 0 aromatic rings. The molecule has 0 unspecified atom stereocenters. The molecule has 0 bridgehead atoms. The van der Waals surface area contributed by atoms with Crippen LogP contribution in [0.25, 0.3) is 0 Å². The summed E-state index contributed by atoms with van der Waals surface area (Å²) in [6.07, 6.45) is 3.82. The van der Waals surface area contributed by atoms with Gasteiger partial charge in [0.05, 0.1) is 0 Å². The number of halogens is 1. The molecule has 48 valence electrons. The van der Waals surface area contributed by atoms with E-state index in [1.165, 1.54) is 19.3 Å². The van der Waals surface area contributed by atoms with E-state index in [1.807, 2.05) is 0 Å². The molecular formula is C6H12FN. The Labute approximate surface area is 49.3 Å². The van der Waals surface area contributed by atoms with Gasteiger partial charge in [-0.3, -0.25) is 0 Å². The number of hydrogen-bond acceptors (Lipinski definition) is 1. The Morgan fingerprint density at radius 2 is 2.25 bits per heavy atom. The van der Waals surface area contributed by atoms with Crippen LogP contribution in [-0.4, -0.2) is 19.3 Å². The first-order chi connectivity index (χ1) is 3.93. The average molecular weight is 117 g/mol. The summed E-state index contributed by atoms with van der Waals surface area (Å²) in [5, 5.41) is 3.09. The molecule has 1 fully saturated rings. The Morgan fingerprint density at radius 3 is 2.62 bits per heavy atom. The highest BCUT2D eigenvalue weighted by Crippen LogP contribution is 2.17. The predicted molar refractivity (Wildman–Crippen MR) is 31.6 cm³/mol. The zero-order valence-corrected chi connectivity index (χ0v) is 4.99. The Hall–Kier alpha value is -0.110. The van der Waals surface area contributed by atoms with E-state index in [1.54, 1.807) is 0 Å². The van der Waals surface area contributed by atoms with E-state index in [4.69, 9.17) is 0 Å². The molecule has 1 aliphatic carbocycles. The van der Waals surface area contributed by atoms with Gasteiger partial charge in [-0.1, -0.05) is 6.42 Å². The van der Waals surface area contributed by atoms with Crippen LogP contribution in [0.3, 0.4) is 0 Å². The minimum Gasteiger partial charge on any atom is -0.311 e. The van der Waals surface area contributed by atoms with Gasteiger partial charge in [-0.2, -0.15) is 0 Å². The molecule has 0 amide bonds. The summed E-state index contributed by atoms with van der Waals surface area (Å²) in [5.74, 6) is 0. The van der Waals surface area contributed by atoms with Gasteiger partial charge in [0.1, 0.15) is 6.67 Å². The second-order valence-corrected chi connectivity index (χ2v) is 2.27. The van der Waals surface area contributed by atoms with Crippen LogP contribution in [-0.2, 0) is 0 Å². The SMILES string of the molecule is FCCNC1CCC1. The van der Waals surface area contributed by atoms with Crippen molar-refractivity contribution in [1.82, 2.24) is 5.32 Å². The quantitative estimate of drug-likeness (QED) is 0.583. The molecule has 1 nitrogen and oxygen atoms in total. The van der Waals surface area contributed by atoms with Gasteiger partial charge in [0.2, 0.25) is 0 Å². The summed E-state index contributed by atoms with van der Waals surface area (Å²) >= 11 is 0. The van der Waals surface area contributed by atoms with Crippen LogP contribution in [0, 0.1) is 0 Å². The van der Waals surface area contributed by atoms with Crippen molar-refractivity contribution in [1.29, 1.82) is 0 Å². The standard InChI is InChI=1S/C6H12FN/c7-4-5-8-6-2-1-3-6/h6,8H,1-5H2. The van der Waals surface area contributed by atoms with Crippen molar-refractivity contribution in [2.45, 2.75) is 25.3 Å². The topological polar surface area (TPSA) is 12.0 Å². The zero-order chi connectivity index (χ0) is 5.82. The van der Waals surface area contributed by atoms with Gasteiger partial charge >= 0.3 is 0 Å². The number of alkyl halides is 1. The Kier molecular flexibility index (Phi) is 2.27.